The molecule has 1 aromatic heterocycles. The van der Waals surface area contributed by atoms with Gasteiger partial charge in [-0.15, -0.1) is 10.2 Å². The summed E-state index contributed by atoms with van der Waals surface area (Å²) in [5.74, 6) is -0.688. The lowest BCUT2D eigenvalue weighted by Gasteiger charge is -2.23. The zero-order valence-electron chi connectivity index (χ0n) is 18.5. The fraction of sp³-hybridized carbons (Fsp3) is 0.227. The van der Waals surface area contributed by atoms with Crippen LogP contribution in [0.4, 0.5) is 11.4 Å². The Morgan fingerprint density at radius 2 is 2.00 bits per heavy atom. The van der Waals surface area contributed by atoms with E-state index in [1.165, 1.54) is 25.3 Å². The van der Waals surface area contributed by atoms with Gasteiger partial charge in [-0.05, 0) is 56.0 Å². The monoisotopic (exact) mass is 504 g/mol. The molecule has 0 fully saturated rings. The molecule has 0 aliphatic rings. The summed E-state index contributed by atoms with van der Waals surface area (Å²) in [5, 5.41) is 29.4. The minimum absolute atomic E-state index is 0.0273. The number of carboxylic acids is 1. The van der Waals surface area contributed by atoms with Gasteiger partial charge in [-0.25, -0.2) is 4.79 Å². The van der Waals surface area contributed by atoms with E-state index in [1.54, 1.807) is 24.3 Å². The second kappa shape index (κ2) is 11.0. The van der Waals surface area contributed by atoms with E-state index < -0.39 is 10.9 Å². The smallest absolute Gasteiger partial charge is 0.342 e. The second-order valence-electron chi connectivity index (χ2n) is 6.81. The number of aliphatic carboxylic acids is 1. The third kappa shape index (κ3) is 5.67. The summed E-state index contributed by atoms with van der Waals surface area (Å²) in [6.07, 6.45) is 1.36. The molecule has 12 heteroatoms. The van der Waals surface area contributed by atoms with Crippen molar-refractivity contribution < 1.29 is 24.0 Å². The SMILES string of the molecule is CCN(CC)c1ccc([N+](=O)[O-])cc1/C=C(/Sc1nnc(-c2cc(Cl)ccc2OC)o1)C(=O)O. The van der Waals surface area contributed by atoms with Gasteiger partial charge in [0, 0.05) is 41.5 Å². The number of carboxylic acid groups (broad SMARTS) is 1. The maximum absolute atomic E-state index is 12.0. The summed E-state index contributed by atoms with van der Waals surface area (Å²) >= 11 is 6.79. The van der Waals surface area contributed by atoms with Crippen LogP contribution < -0.4 is 9.64 Å². The van der Waals surface area contributed by atoms with Crippen LogP contribution in [-0.4, -0.2) is 46.4 Å². The zero-order valence-corrected chi connectivity index (χ0v) is 20.1. The number of non-ortho nitro benzene ring substituents is 1. The van der Waals surface area contributed by atoms with E-state index in [0.29, 0.717) is 40.7 Å². The molecule has 34 heavy (non-hydrogen) atoms. The number of halogens is 1. The fourth-order valence-electron chi connectivity index (χ4n) is 3.20. The van der Waals surface area contributed by atoms with Gasteiger partial charge in [-0.2, -0.15) is 0 Å². The number of anilines is 1. The van der Waals surface area contributed by atoms with Gasteiger partial charge < -0.3 is 19.2 Å². The molecule has 3 aromatic rings. The molecule has 0 saturated carbocycles. The number of nitro groups is 1. The number of carbonyl (C=O) groups is 1. The van der Waals surface area contributed by atoms with E-state index >= 15 is 0 Å². The Morgan fingerprint density at radius 1 is 1.26 bits per heavy atom. The first kappa shape index (κ1) is 25.1. The largest absolute Gasteiger partial charge is 0.496 e. The van der Waals surface area contributed by atoms with Crippen molar-refractivity contribution in [2.45, 2.75) is 19.1 Å². The summed E-state index contributed by atoms with van der Waals surface area (Å²) in [6.45, 7) is 5.16. The molecule has 0 radical (unpaired) electrons. The Labute approximate surface area is 204 Å². The summed E-state index contributed by atoms with van der Waals surface area (Å²) in [6, 6.07) is 9.23. The van der Waals surface area contributed by atoms with Crippen LogP contribution in [0.2, 0.25) is 5.02 Å². The molecule has 0 unspecified atom stereocenters. The second-order valence-corrected chi connectivity index (χ2v) is 8.24. The van der Waals surface area contributed by atoms with Crippen molar-refractivity contribution in [1.82, 2.24) is 10.2 Å². The average Bonchev–Trinajstić information content (AvgIpc) is 3.28. The third-order valence-corrected chi connectivity index (χ3v) is 5.91. The first-order chi connectivity index (χ1) is 16.3. The van der Waals surface area contributed by atoms with Crippen LogP contribution in [0, 0.1) is 10.1 Å². The molecule has 0 saturated heterocycles. The molecule has 0 amide bonds. The van der Waals surface area contributed by atoms with E-state index in [4.69, 9.17) is 20.8 Å². The predicted molar refractivity (Wildman–Crippen MR) is 129 cm³/mol. The van der Waals surface area contributed by atoms with Gasteiger partial charge >= 0.3 is 5.97 Å². The molecule has 0 aliphatic carbocycles. The van der Waals surface area contributed by atoms with Gasteiger partial charge in [0.25, 0.3) is 16.8 Å². The maximum atomic E-state index is 12.0. The van der Waals surface area contributed by atoms with Gasteiger partial charge in [0.2, 0.25) is 0 Å². The van der Waals surface area contributed by atoms with Crippen LogP contribution >= 0.6 is 23.4 Å². The van der Waals surface area contributed by atoms with E-state index in [2.05, 4.69) is 10.2 Å². The standard InChI is InChI=1S/C22H21ClN4O6S/c1-4-26(5-2)17-8-7-15(27(30)31)10-13(17)11-19(21(28)29)34-22-25-24-20(33-22)16-12-14(23)6-9-18(16)32-3/h6-12H,4-5H2,1-3H3,(H,28,29)/b19-11+. The number of hydrogen-bond acceptors (Lipinski definition) is 9. The molecule has 0 bridgehead atoms. The van der Waals surface area contributed by atoms with Gasteiger partial charge in [-0.3, -0.25) is 10.1 Å². The van der Waals surface area contributed by atoms with Crippen LogP contribution in [0.15, 0.2) is 50.9 Å². The highest BCUT2D eigenvalue weighted by molar-refractivity contribution is 8.03. The molecule has 10 nitrogen and oxygen atoms in total. The number of methoxy groups -OCH3 is 1. The number of ether oxygens (including phenoxy) is 1. The molecule has 3 rings (SSSR count). The first-order valence-corrected chi connectivity index (χ1v) is 11.3. The molecule has 0 atom stereocenters. The molecule has 0 spiro atoms. The maximum Gasteiger partial charge on any atom is 0.342 e. The lowest BCUT2D eigenvalue weighted by atomic mass is 10.1. The van der Waals surface area contributed by atoms with Crippen molar-refractivity contribution in [1.29, 1.82) is 0 Å². The zero-order chi connectivity index (χ0) is 24.8. The van der Waals surface area contributed by atoms with Crippen molar-refractivity contribution in [3.63, 3.8) is 0 Å². The number of hydrogen-bond donors (Lipinski definition) is 1. The number of nitrogens with zero attached hydrogens (tertiary/aromatic N) is 4. The minimum Gasteiger partial charge on any atom is -0.496 e. The van der Waals surface area contributed by atoms with Crippen molar-refractivity contribution in [3.8, 4) is 17.2 Å². The highest BCUT2D eigenvalue weighted by Gasteiger charge is 2.20. The van der Waals surface area contributed by atoms with Gasteiger partial charge in [0.05, 0.1) is 17.6 Å². The molecule has 1 heterocycles. The Hall–Kier alpha value is -3.57. The van der Waals surface area contributed by atoms with Crippen molar-refractivity contribution in [3.05, 3.63) is 62.0 Å². The number of thioether (sulfide) groups is 1. The average molecular weight is 505 g/mol. The van der Waals surface area contributed by atoms with Crippen LogP contribution in [0.3, 0.4) is 0 Å². The van der Waals surface area contributed by atoms with E-state index in [9.17, 15) is 20.0 Å². The van der Waals surface area contributed by atoms with Crippen LogP contribution in [-0.2, 0) is 4.79 Å². The highest BCUT2D eigenvalue weighted by atomic mass is 35.5. The number of rotatable bonds is 10. The number of aromatic nitrogens is 2. The number of nitro benzene ring substituents is 1. The van der Waals surface area contributed by atoms with Crippen molar-refractivity contribution >= 4 is 46.8 Å². The van der Waals surface area contributed by atoms with Crippen LogP contribution in [0.5, 0.6) is 5.75 Å². The highest BCUT2D eigenvalue weighted by Crippen LogP contribution is 2.36. The molecular formula is C22H21ClN4O6S. The Morgan fingerprint density at radius 3 is 2.62 bits per heavy atom. The third-order valence-electron chi connectivity index (χ3n) is 4.82. The lowest BCUT2D eigenvalue weighted by molar-refractivity contribution is -0.384. The lowest BCUT2D eigenvalue weighted by Crippen LogP contribution is -2.22. The van der Waals surface area contributed by atoms with Crippen molar-refractivity contribution in [2.24, 2.45) is 0 Å². The molecule has 178 valence electrons. The normalized spacial score (nSPS) is 11.4. The summed E-state index contributed by atoms with van der Waals surface area (Å²) in [4.78, 5) is 24.6. The summed E-state index contributed by atoms with van der Waals surface area (Å²) < 4.78 is 10.9. The molecule has 1 N–H and O–H groups in total. The van der Waals surface area contributed by atoms with Crippen LogP contribution in [0.1, 0.15) is 19.4 Å². The first-order valence-electron chi connectivity index (χ1n) is 10.1. The van der Waals surface area contributed by atoms with E-state index in [-0.39, 0.29) is 21.7 Å². The van der Waals surface area contributed by atoms with Gasteiger partial charge in [0.15, 0.2) is 0 Å². The summed E-state index contributed by atoms with van der Waals surface area (Å²) in [7, 11) is 1.48. The Balaban J connectivity index is 2.01. The van der Waals surface area contributed by atoms with E-state index in [1.807, 2.05) is 18.7 Å². The molecule has 0 aliphatic heterocycles. The van der Waals surface area contributed by atoms with E-state index in [0.717, 1.165) is 11.8 Å². The Kier molecular flexibility index (Phi) is 8.13. The predicted octanol–water partition coefficient (Wildman–Crippen LogP) is 5.37. The number of benzene rings is 2. The molecular weight excluding hydrogens is 484 g/mol. The quantitative estimate of drug-likeness (QED) is 0.166. The topological polar surface area (TPSA) is 132 Å². The van der Waals surface area contributed by atoms with Gasteiger partial charge in [-0.1, -0.05) is 11.6 Å². The molecule has 2 aromatic carbocycles. The Bertz CT molecular complexity index is 1240. The van der Waals surface area contributed by atoms with Gasteiger partial charge in [0.1, 0.15) is 10.7 Å². The van der Waals surface area contributed by atoms with Crippen LogP contribution in [0.25, 0.3) is 17.5 Å². The fourth-order valence-corrected chi connectivity index (χ4v) is 4.04. The minimum atomic E-state index is -1.25. The van der Waals surface area contributed by atoms with Crippen molar-refractivity contribution in [2.75, 3.05) is 25.1 Å². The summed E-state index contributed by atoms with van der Waals surface area (Å²) in [5.41, 5.74) is 1.37.